The van der Waals surface area contributed by atoms with Crippen molar-refractivity contribution >= 4 is 5.91 Å². The Balaban J connectivity index is 2.26. The van der Waals surface area contributed by atoms with Crippen molar-refractivity contribution in [3.8, 4) is 0 Å². The summed E-state index contributed by atoms with van der Waals surface area (Å²) in [6.07, 6.45) is 5.34. The largest absolute Gasteiger partial charge is 0.469 e. The van der Waals surface area contributed by atoms with Crippen LogP contribution in [-0.4, -0.2) is 11.9 Å². The molecule has 0 aromatic carbocycles. The highest BCUT2D eigenvalue weighted by molar-refractivity contribution is 5.76. The fourth-order valence-electron chi connectivity index (χ4n) is 1.36. The van der Waals surface area contributed by atoms with Gasteiger partial charge in [0.25, 0.3) is 0 Å². The molecule has 0 radical (unpaired) electrons. The minimum Gasteiger partial charge on any atom is -0.469 e. The molecule has 1 N–H and O–H groups in total. The molecule has 0 aliphatic heterocycles. The van der Waals surface area contributed by atoms with Crippen LogP contribution in [0, 0.1) is 0 Å². The van der Waals surface area contributed by atoms with E-state index < -0.39 is 0 Å². The van der Waals surface area contributed by atoms with Crippen LogP contribution in [0.5, 0.6) is 0 Å². The van der Waals surface area contributed by atoms with Gasteiger partial charge in [-0.1, -0.05) is 6.08 Å². The second-order valence-corrected chi connectivity index (χ2v) is 3.58. The highest BCUT2D eigenvalue weighted by atomic mass is 16.3. The molecule has 1 aromatic rings. The van der Waals surface area contributed by atoms with Crippen molar-refractivity contribution in [1.29, 1.82) is 0 Å². The normalized spacial score (nSPS) is 12.1. The summed E-state index contributed by atoms with van der Waals surface area (Å²) >= 11 is 0. The Morgan fingerprint density at radius 1 is 1.73 bits per heavy atom. The third-order valence-corrected chi connectivity index (χ3v) is 2.07. The number of rotatable bonds is 6. The molecule has 0 bridgehead atoms. The van der Waals surface area contributed by atoms with Crippen molar-refractivity contribution in [1.82, 2.24) is 5.32 Å². The molecule has 82 valence electrons. The number of carbonyl (C=O) groups is 1. The molecule has 1 rings (SSSR count). The predicted molar refractivity (Wildman–Crippen MR) is 59.4 cm³/mol. The fraction of sp³-hybridized carbons (Fsp3) is 0.417. The molecule has 0 spiro atoms. The van der Waals surface area contributed by atoms with E-state index in [-0.39, 0.29) is 11.9 Å². The first-order chi connectivity index (χ1) is 7.22. The van der Waals surface area contributed by atoms with Gasteiger partial charge in [-0.3, -0.25) is 4.79 Å². The second kappa shape index (κ2) is 6.06. The van der Waals surface area contributed by atoms with Crippen LogP contribution >= 0.6 is 0 Å². The first-order valence-corrected chi connectivity index (χ1v) is 5.15. The highest BCUT2D eigenvalue weighted by Crippen LogP contribution is 2.04. The van der Waals surface area contributed by atoms with Gasteiger partial charge in [-0.2, -0.15) is 0 Å². The maximum absolute atomic E-state index is 11.4. The lowest BCUT2D eigenvalue weighted by molar-refractivity contribution is -0.121. The van der Waals surface area contributed by atoms with E-state index in [2.05, 4.69) is 11.9 Å². The number of allylic oxidation sites excluding steroid dienone is 1. The summed E-state index contributed by atoms with van der Waals surface area (Å²) in [6.45, 7) is 5.54. The number of nitrogens with one attached hydrogen (secondary N) is 1. The standard InChI is InChI=1S/C12H17NO2/c1-3-4-7-12(14)13-10(2)9-11-6-5-8-15-11/h3,5-6,8,10H,1,4,7,9H2,2H3,(H,13,14). The fourth-order valence-corrected chi connectivity index (χ4v) is 1.36. The zero-order valence-corrected chi connectivity index (χ0v) is 9.03. The van der Waals surface area contributed by atoms with Crippen LogP contribution in [0.2, 0.25) is 0 Å². The Morgan fingerprint density at radius 2 is 2.53 bits per heavy atom. The Bertz CT molecular complexity index is 303. The number of amides is 1. The Labute approximate surface area is 90.2 Å². The zero-order valence-electron chi connectivity index (χ0n) is 9.03. The van der Waals surface area contributed by atoms with E-state index in [1.807, 2.05) is 19.1 Å². The second-order valence-electron chi connectivity index (χ2n) is 3.58. The molecule has 1 amide bonds. The predicted octanol–water partition coefficient (Wildman–Crippen LogP) is 2.29. The van der Waals surface area contributed by atoms with Gasteiger partial charge in [0, 0.05) is 18.9 Å². The summed E-state index contributed by atoms with van der Waals surface area (Å²) in [4.78, 5) is 11.4. The molecule has 1 atom stereocenters. The third kappa shape index (κ3) is 4.49. The lowest BCUT2D eigenvalue weighted by atomic mass is 10.2. The molecule has 3 nitrogen and oxygen atoms in total. The monoisotopic (exact) mass is 207 g/mol. The minimum atomic E-state index is 0.0638. The van der Waals surface area contributed by atoms with Crippen molar-refractivity contribution in [2.24, 2.45) is 0 Å². The van der Waals surface area contributed by atoms with Gasteiger partial charge in [0.05, 0.1) is 6.26 Å². The SMILES string of the molecule is C=CCCC(=O)NC(C)Cc1ccco1. The van der Waals surface area contributed by atoms with Gasteiger partial charge in [-0.05, 0) is 25.5 Å². The third-order valence-electron chi connectivity index (χ3n) is 2.07. The van der Waals surface area contributed by atoms with E-state index in [1.165, 1.54) is 0 Å². The van der Waals surface area contributed by atoms with Gasteiger partial charge in [-0.15, -0.1) is 6.58 Å². The Kier molecular flexibility index (Phi) is 4.68. The van der Waals surface area contributed by atoms with Crippen LogP contribution in [-0.2, 0) is 11.2 Å². The maximum Gasteiger partial charge on any atom is 0.220 e. The van der Waals surface area contributed by atoms with E-state index >= 15 is 0 Å². The zero-order chi connectivity index (χ0) is 11.1. The van der Waals surface area contributed by atoms with Crippen LogP contribution in [0.15, 0.2) is 35.5 Å². The molecule has 0 saturated heterocycles. The quantitative estimate of drug-likeness (QED) is 0.727. The molecule has 1 unspecified atom stereocenters. The molecule has 0 saturated carbocycles. The average molecular weight is 207 g/mol. The first-order valence-electron chi connectivity index (χ1n) is 5.15. The van der Waals surface area contributed by atoms with Crippen molar-refractivity contribution in [3.63, 3.8) is 0 Å². The minimum absolute atomic E-state index is 0.0638. The topological polar surface area (TPSA) is 42.2 Å². The molecule has 1 aromatic heterocycles. The van der Waals surface area contributed by atoms with E-state index in [9.17, 15) is 4.79 Å². The van der Waals surface area contributed by atoms with Gasteiger partial charge >= 0.3 is 0 Å². The molecule has 3 heteroatoms. The summed E-state index contributed by atoms with van der Waals surface area (Å²) in [5, 5.41) is 2.91. The van der Waals surface area contributed by atoms with Crippen molar-refractivity contribution in [2.75, 3.05) is 0 Å². The molecule has 0 aliphatic rings. The van der Waals surface area contributed by atoms with E-state index in [1.54, 1.807) is 12.3 Å². The maximum atomic E-state index is 11.4. The van der Waals surface area contributed by atoms with Gasteiger partial charge in [-0.25, -0.2) is 0 Å². The Hall–Kier alpha value is -1.51. The molecular weight excluding hydrogens is 190 g/mol. The molecule has 0 aliphatic carbocycles. The molecule has 15 heavy (non-hydrogen) atoms. The molecular formula is C12H17NO2. The van der Waals surface area contributed by atoms with Crippen molar-refractivity contribution in [3.05, 3.63) is 36.8 Å². The number of carbonyl (C=O) groups excluding carboxylic acids is 1. The summed E-state index contributed by atoms with van der Waals surface area (Å²) in [5.74, 6) is 0.959. The van der Waals surface area contributed by atoms with Crippen molar-refractivity contribution < 1.29 is 9.21 Å². The summed E-state index contributed by atoms with van der Waals surface area (Å²) in [6, 6.07) is 3.86. The average Bonchev–Trinajstić information content (AvgIpc) is 2.67. The van der Waals surface area contributed by atoms with Gasteiger partial charge in [0.1, 0.15) is 5.76 Å². The van der Waals surface area contributed by atoms with E-state index in [0.717, 1.165) is 18.6 Å². The van der Waals surface area contributed by atoms with Crippen LogP contribution in [0.3, 0.4) is 0 Å². The summed E-state index contributed by atoms with van der Waals surface area (Å²) in [7, 11) is 0. The van der Waals surface area contributed by atoms with Gasteiger partial charge in [0.2, 0.25) is 5.91 Å². The number of hydrogen-bond donors (Lipinski definition) is 1. The molecule has 0 fully saturated rings. The number of furan rings is 1. The van der Waals surface area contributed by atoms with Crippen LogP contribution in [0.25, 0.3) is 0 Å². The van der Waals surface area contributed by atoms with Gasteiger partial charge < -0.3 is 9.73 Å². The van der Waals surface area contributed by atoms with Crippen molar-refractivity contribution in [2.45, 2.75) is 32.2 Å². The van der Waals surface area contributed by atoms with Crippen LogP contribution < -0.4 is 5.32 Å². The van der Waals surface area contributed by atoms with Gasteiger partial charge in [0.15, 0.2) is 0 Å². The first kappa shape index (κ1) is 11.6. The lowest BCUT2D eigenvalue weighted by Crippen LogP contribution is -2.33. The smallest absolute Gasteiger partial charge is 0.220 e. The highest BCUT2D eigenvalue weighted by Gasteiger charge is 2.08. The van der Waals surface area contributed by atoms with E-state index in [0.29, 0.717) is 6.42 Å². The van der Waals surface area contributed by atoms with Crippen LogP contribution in [0.1, 0.15) is 25.5 Å². The molecule has 1 heterocycles. The Morgan fingerprint density at radius 3 is 3.13 bits per heavy atom. The van der Waals surface area contributed by atoms with Crippen LogP contribution in [0.4, 0.5) is 0 Å². The lowest BCUT2D eigenvalue weighted by Gasteiger charge is -2.11. The number of hydrogen-bond acceptors (Lipinski definition) is 2. The summed E-state index contributed by atoms with van der Waals surface area (Å²) < 4.78 is 5.20. The van der Waals surface area contributed by atoms with E-state index in [4.69, 9.17) is 4.42 Å². The summed E-state index contributed by atoms with van der Waals surface area (Å²) in [5.41, 5.74) is 0.